The van der Waals surface area contributed by atoms with Crippen molar-refractivity contribution in [3.63, 3.8) is 0 Å². The largest absolute Gasteiger partial charge is 0.323 e. The number of hydrogen-bond donors (Lipinski definition) is 2. The van der Waals surface area contributed by atoms with Crippen molar-refractivity contribution in [2.75, 3.05) is 5.32 Å². The molecule has 102 valence electrons. The molecular weight excluding hydrogens is 261 g/mol. The number of amides is 1. The Bertz CT molecular complexity index is 759. The third-order valence-corrected chi connectivity index (χ3v) is 3.37. The molecule has 0 radical (unpaired) electrons. The molecule has 1 aliphatic carbocycles. The van der Waals surface area contributed by atoms with E-state index in [9.17, 15) is 14.0 Å². The van der Waals surface area contributed by atoms with Gasteiger partial charge >= 0.3 is 0 Å². The third-order valence-electron chi connectivity index (χ3n) is 3.37. The molecule has 5 nitrogen and oxygen atoms in total. The van der Waals surface area contributed by atoms with Crippen LogP contribution in [-0.2, 0) is 4.79 Å². The van der Waals surface area contributed by atoms with Crippen LogP contribution in [0.4, 0.5) is 10.1 Å². The lowest BCUT2D eigenvalue weighted by Crippen LogP contribution is -2.21. The summed E-state index contributed by atoms with van der Waals surface area (Å²) in [5.74, 6) is -1.01. The molecular formula is C14H12FN3O2. The number of allylic oxidation sites excluding steroid dienone is 2. The molecule has 0 atom stereocenters. The highest BCUT2D eigenvalue weighted by atomic mass is 19.1. The quantitative estimate of drug-likeness (QED) is 0.821. The van der Waals surface area contributed by atoms with Gasteiger partial charge in [0.15, 0.2) is 0 Å². The monoisotopic (exact) mass is 273 g/mol. The lowest BCUT2D eigenvalue weighted by atomic mass is 10.1. The highest BCUT2D eigenvalue weighted by molar-refractivity contribution is 5.95. The normalized spacial score (nSPS) is 14.8. The average molecular weight is 273 g/mol. The molecule has 0 saturated heterocycles. The minimum atomic E-state index is -0.602. The van der Waals surface area contributed by atoms with Crippen LogP contribution in [-0.4, -0.2) is 15.9 Å². The highest BCUT2D eigenvalue weighted by Gasteiger charge is 2.20. The molecule has 1 aromatic carbocycles. The number of hydrogen-bond acceptors (Lipinski definition) is 3. The van der Waals surface area contributed by atoms with Gasteiger partial charge in [0.05, 0.1) is 22.9 Å². The zero-order chi connectivity index (χ0) is 14.1. The molecule has 1 aliphatic rings. The number of nitrogens with zero attached hydrogens (tertiary/aromatic N) is 1. The van der Waals surface area contributed by atoms with E-state index in [2.05, 4.69) is 15.3 Å². The molecule has 20 heavy (non-hydrogen) atoms. The van der Waals surface area contributed by atoms with Crippen LogP contribution < -0.4 is 10.9 Å². The fourth-order valence-corrected chi connectivity index (χ4v) is 2.25. The smallest absolute Gasteiger partial charge is 0.258 e. The van der Waals surface area contributed by atoms with Crippen LogP contribution in [0.25, 0.3) is 10.9 Å². The topological polar surface area (TPSA) is 74.8 Å². The summed E-state index contributed by atoms with van der Waals surface area (Å²) in [5, 5.41) is 2.78. The van der Waals surface area contributed by atoms with Crippen LogP contribution in [0.15, 0.2) is 35.4 Å². The number of H-pyrrole nitrogens is 1. The van der Waals surface area contributed by atoms with Gasteiger partial charge in [-0.3, -0.25) is 9.59 Å². The Morgan fingerprint density at radius 3 is 2.85 bits per heavy atom. The summed E-state index contributed by atoms with van der Waals surface area (Å²) in [5.41, 5.74) is -0.104. The maximum absolute atomic E-state index is 13.9. The minimum Gasteiger partial charge on any atom is -0.323 e. The third kappa shape index (κ3) is 2.20. The van der Waals surface area contributed by atoms with Gasteiger partial charge in [0.2, 0.25) is 5.91 Å². The number of benzene rings is 1. The average Bonchev–Trinajstić information content (AvgIpc) is 2.94. The molecule has 0 unspecified atom stereocenters. The number of fused-ring (bicyclic) bond motifs is 1. The van der Waals surface area contributed by atoms with Crippen molar-refractivity contribution in [1.29, 1.82) is 0 Å². The van der Waals surface area contributed by atoms with Gasteiger partial charge in [0, 0.05) is 12.0 Å². The van der Waals surface area contributed by atoms with Gasteiger partial charge < -0.3 is 10.3 Å². The van der Waals surface area contributed by atoms with E-state index in [-0.39, 0.29) is 34.0 Å². The summed E-state index contributed by atoms with van der Waals surface area (Å²) >= 11 is 0. The standard InChI is InChI=1S/C14H12FN3O2/c15-10-6-11-9(14(20)17-7-16-11)5-12(10)18-13(19)8-3-1-2-4-8/h1-2,5-8H,3-4H2,(H,18,19)(H,16,17,20). The molecule has 0 aliphatic heterocycles. The molecule has 1 aromatic heterocycles. The molecule has 0 bridgehead atoms. The van der Waals surface area contributed by atoms with E-state index in [4.69, 9.17) is 0 Å². The lowest BCUT2D eigenvalue weighted by Gasteiger charge is -2.11. The number of carbonyl (C=O) groups is 1. The van der Waals surface area contributed by atoms with Crippen molar-refractivity contribution in [1.82, 2.24) is 9.97 Å². The SMILES string of the molecule is O=C(Nc1cc2c(=O)[nH]cnc2cc1F)C1CC=CC1. The van der Waals surface area contributed by atoms with Gasteiger partial charge in [-0.05, 0) is 18.9 Å². The van der Waals surface area contributed by atoms with Gasteiger partial charge in [-0.1, -0.05) is 12.2 Å². The Hall–Kier alpha value is -2.50. The summed E-state index contributed by atoms with van der Waals surface area (Å²) in [6, 6.07) is 2.46. The zero-order valence-corrected chi connectivity index (χ0v) is 10.5. The Balaban J connectivity index is 1.95. The number of halogens is 1. The Labute approximate surface area is 113 Å². The first-order valence-electron chi connectivity index (χ1n) is 6.28. The van der Waals surface area contributed by atoms with Crippen molar-refractivity contribution in [2.24, 2.45) is 5.92 Å². The molecule has 2 N–H and O–H groups in total. The Morgan fingerprint density at radius 1 is 1.35 bits per heavy atom. The maximum Gasteiger partial charge on any atom is 0.258 e. The van der Waals surface area contributed by atoms with Crippen LogP contribution in [0.2, 0.25) is 0 Å². The molecule has 1 heterocycles. The van der Waals surface area contributed by atoms with Crippen LogP contribution in [0.3, 0.4) is 0 Å². The molecule has 0 fully saturated rings. The fourth-order valence-electron chi connectivity index (χ4n) is 2.25. The summed E-state index contributed by atoms with van der Waals surface area (Å²) in [6.45, 7) is 0. The first-order chi connectivity index (χ1) is 9.65. The second-order valence-electron chi connectivity index (χ2n) is 4.71. The van der Waals surface area contributed by atoms with Gasteiger partial charge in [-0.2, -0.15) is 0 Å². The number of anilines is 1. The van der Waals surface area contributed by atoms with Crippen molar-refractivity contribution >= 4 is 22.5 Å². The van der Waals surface area contributed by atoms with Crippen molar-refractivity contribution < 1.29 is 9.18 Å². The van der Waals surface area contributed by atoms with E-state index >= 15 is 0 Å². The predicted octanol–water partition coefficient (Wildman–Crippen LogP) is 1.97. The van der Waals surface area contributed by atoms with Crippen LogP contribution in [0, 0.1) is 11.7 Å². The van der Waals surface area contributed by atoms with Gasteiger partial charge in [-0.15, -0.1) is 0 Å². The van der Waals surface area contributed by atoms with Crippen molar-refractivity contribution in [3.8, 4) is 0 Å². The lowest BCUT2D eigenvalue weighted by molar-refractivity contribution is -0.119. The first kappa shape index (κ1) is 12.5. The first-order valence-corrected chi connectivity index (χ1v) is 6.28. The van der Waals surface area contributed by atoms with Crippen molar-refractivity contribution in [2.45, 2.75) is 12.8 Å². The number of rotatable bonds is 2. The summed E-state index contributed by atoms with van der Waals surface area (Å²) in [7, 11) is 0. The number of aromatic amines is 1. The van der Waals surface area contributed by atoms with E-state index < -0.39 is 5.82 Å². The van der Waals surface area contributed by atoms with E-state index in [0.29, 0.717) is 12.8 Å². The maximum atomic E-state index is 13.9. The van der Waals surface area contributed by atoms with Gasteiger partial charge in [0.1, 0.15) is 5.82 Å². The fraction of sp³-hybridized carbons (Fsp3) is 0.214. The summed E-state index contributed by atoms with van der Waals surface area (Å²) in [4.78, 5) is 29.9. The number of carbonyl (C=O) groups excluding carboxylic acids is 1. The van der Waals surface area contributed by atoms with E-state index in [1.54, 1.807) is 0 Å². The molecule has 3 rings (SSSR count). The second kappa shape index (κ2) is 4.88. The molecule has 2 aromatic rings. The second-order valence-corrected chi connectivity index (χ2v) is 4.71. The Kier molecular flexibility index (Phi) is 3.06. The number of nitrogens with one attached hydrogen (secondary N) is 2. The predicted molar refractivity (Wildman–Crippen MR) is 72.8 cm³/mol. The molecule has 1 amide bonds. The molecule has 0 saturated carbocycles. The number of aromatic nitrogens is 2. The van der Waals surface area contributed by atoms with Crippen LogP contribution >= 0.6 is 0 Å². The van der Waals surface area contributed by atoms with Gasteiger partial charge in [-0.25, -0.2) is 9.37 Å². The summed E-state index contributed by atoms with van der Waals surface area (Å²) in [6.07, 6.45) is 6.38. The Morgan fingerprint density at radius 2 is 2.10 bits per heavy atom. The summed E-state index contributed by atoms with van der Waals surface area (Å²) < 4.78 is 13.9. The van der Waals surface area contributed by atoms with E-state index in [1.807, 2.05) is 12.2 Å². The van der Waals surface area contributed by atoms with E-state index in [1.165, 1.54) is 12.4 Å². The van der Waals surface area contributed by atoms with E-state index in [0.717, 1.165) is 6.07 Å². The molecule has 0 spiro atoms. The highest BCUT2D eigenvalue weighted by Crippen LogP contribution is 2.23. The molecule has 6 heteroatoms. The minimum absolute atomic E-state index is 0.00731. The zero-order valence-electron chi connectivity index (χ0n) is 10.5. The van der Waals surface area contributed by atoms with Crippen molar-refractivity contribution in [3.05, 3.63) is 46.8 Å². The van der Waals surface area contributed by atoms with Gasteiger partial charge in [0.25, 0.3) is 5.56 Å². The van der Waals surface area contributed by atoms with Crippen LogP contribution in [0.1, 0.15) is 12.8 Å². The van der Waals surface area contributed by atoms with Crippen LogP contribution in [0.5, 0.6) is 0 Å².